The summed E-state index contributed by atoms with van der Waals surface area (Å²) in [4.78, 5) is 27.1. The van der Waals surface area contributed by atoms with Gasteiger partial charge in [0.15, 0.2) is 0 Å². The van der Waals surface area contributed by atoms with E-state index in [2.05, 4.69) is 0 Å². The lowest BCUT2D eigenvalue weighted by Crippen LogP contribution is -2.35. The summed E-state index contributed by atoms with van der Waals surface area (Å²) in [5.41, 5.74) is 0.497. The van der Waals surface area contributed by atoms with Crippen molar-refractivity contribution in [3.63, 3.8) is 0 Å². The zero-order valence-electron chi connectivity index (χ0n) is 19.3. The quantitative estimate of drug-likeness (QED) is 0.355. The van der Waals surface area contributed by atoms with E-state index in [1.165, 1.54) is 64.8 Å². The fourth-order valence-electron chi connectivity index (χ4n) is 4.49. The molecule has 0 spiro atoms. The number of benzene rings is 2. The van der Waals surface area contributed by atoms with Crippen molar-refractivity contribution in [2.75, 3.05) is 33.4 Å². The first-order valence-electron chi connectivity index (χ1n) is 11.4. The first kappa shape index (κ1) is 25.0. The molecular formula is C25H27FN2O6S. The van der Waals surface area contributed by atoms with E-state index in [1.807, 2.05) is 0 Å². The number of hydrogen-bond donors (Lipinski definition) is 1. The van der Waals surface area contributed by atoms with Crippen molar-refractivity contribution in [2.45, 2.75) is 30.2 Å². The molecule has 2 aromatic carbocycles. The molecule has 0 saturated carbocycles. The first-order chi connectivity index (χ1) is 16.8. The SMILES string of the molecule is COCCN1C(=O)C(=O)C(=C(O)c2ccc(S(=O)(=O)N3CCCCC3)cc2)[C@@H]1c1ccc(F)cc1. The van der Waals surface area contributed by atoms with E-state index >= 15 is 0 Å². The Labute approximate surface area is 203 Å². The summed E-state index contributed by atoms with van der Waals surface area (Å²) < 4.78 is 45.9. The predicted molar refractivity (Wildman–Crippen MR) is 126 cm³/mol. The van der Waals surface area contributed by atoms with Crippen molar-refractivity contribution in [2.24, 2.45) is 0 Å². The molecule has 1 N–H and O–H groups in total. The highest BCUT2D eigenvalue weighted by Gasteiger charge is 2.45. The van der Waals surface area contributed by atoms with Crippen LogP contribution in [0.25, 0.3) is 5.76 Å². The highest BCUT2D eigenvalue weighted by Crippen LogP contribution is 2.39. The number of Topliss-reactive ketones (excluding diaryl/α,β-unsaturated/α-hetero) is 1. The van der Waals surface area contributed by atoms with Crippen LogP contribution in [0.1, 0.15) is 36.4 Å². The van der Waals surface area contributed by atoms with Crippen LogP contribution in [0.2, 0.25) is 0 Å². The van der Waals surface area contributed by atoms with Gasteiger partial charge in [0.25, 0.3) is 11.7 Å². The molecule has 2 heterocycles. The molecule has 0 bridgehead atoms. The maximum Gasteiger partial charge on any atom is 0.295 e. The topological polar surface area (TPSA) is 104 Å². The number of sulfonamides is 1. The summed E-state index contributed by atoms with van der Waals surface area (Å²) in [6, 6.07) is 9.98. The second-order valence-electron chi connectivity index (χ2n) is 8.53. The lowest BCUT2D eigenvalue weighted by molar-refractivity contribution is -0.140. The second kappa shape index (κ2) is 10.3. The molecule has 2 saturated heterocycles. The average Bonchev–Trinajstić information content (AvgIpc) is 3.13. The molecule has 186 valence electrons. The Morgan fingerprint density at radius 1 is 1.03 bits per heavy atom. The first-order valence-corrected chi connectivity index (χ1v) is 12.8. The summed E-state index contributed by atoms with van der Waals surface area (Å²) in [5.74, 6) is -2.59. The normalized spacial score (nSPS) is 21.0. The molecule has 0 aliphatic carbocycles. The van der Waals surface area contributed by atoms with Gasteiger partial charge in [-0.15, -0.1) is 0 Å². The fraction of sp³-hybridized carbons (Fsp3) is 0.360. The number of amides is 1. The van der Waals surface area contributed by atoms with E-state index < -0.39 is 39.3 Å². The minimum Gasteiger partial charge on any atom is -0.507 e. The molecule has 4 rings (SSSR count). The zero-order valence-corrected chi connectivity index (χ0v) is 20.1. The number of carbonyl (C=O) groups is 2. The van der Waals surface area contributed by atoms with Crippen LogP contribution in [-0.2, 0) is 24.3 Å². The Kier molecular flexibility index (Phi) is 7.34. The van der Waals surface area contributed by atoms with Crippen molar-refractivity contribution in [3.05, 3.63) is 71.0 Å². The Hall–Kier alpha value is -3.08. The Balaban J connectivity index is 1.73. The fourth-order valence-corrected chi connectivity index (χ4v) is 6.00. The minimum atomic E-state index is -3.66. The van der Waals surface area contributed by atoms with Gasteiger partial charge >= 0.3 is 0 Å². The number of likely N-dealkylation sites (tertiary alicyclic amines) is 1. The average molecular weight is 503 g/mol. The van der Waals surface area contributed by atoms with Crippen LogP contribution in [0.15, 0.2) is 59.0 Å². The monoisotopic (exact) mass is 502 g/mol. The number of aliphatic hydroxyl groups excluding tert-OH is 1. The number of hydrogen-bond acceptors (Lipinski definition) is 6. The molecule has 1 atom stereocenters. The summed E-state index contributed by atoms with van der Waals surface area (Å²) >= 11 is 0. The lowest BCUT2D eigenvalue weighted by Gasteiger charge is -2.26. The standard InChI is InChI=1S/C25H27FN2O6S/c1-34-16-15-28-22(17-5-9-19(26)10-6-17)21(24(30)25(28)31)23(29)18-7-11-20(12-8-18)35(32,33)27-13-3-2-4-14-27/h5-12,22,29H,2-4,13-16H2,1H3/t22-/m0/s1. The van der Waals surface area contributed by atoms with E-state index in [-0.39, 0.29) is 29.2 Å². The summed E-state index contributed by atoms with van der Waals surface area (Å²) in [5, 5.41) is 11.1. The number of ether oxygens (including phenoxy) is 1. The predicted octanol–water partition coefficient (Wildman–Crippen LogP) is 3.07. The maximum atomic E-state index is 13.5. The third-order valence-electron chi connectivity index (χ3n) is 6.34. The van der Waals surface area contributed by atoms with Gasteiger partial charge in [-0.25, -0.2) is 12.8 Å². The van der Waals surface area contributed by atoms with Gasteiger partial charge in [0, 0.05) is 32.3 Å². The van der Waals surface area contributed by atoms with Gasteiger partial charge < -0.3 is 14.7 Å². The van der Waals surface area contributed by atoms with Gasteiger partial charge in [-0.1, -0.05) is 18.6 Å². The molecule has 10 heteroatoms. The highest BCUT2D eigenvalue weighted by atomic mass is 32.2. The second-order valence-corrected chi connectivity index (χ2v) is 10.5. The van der Waals surface area contributed by atoms with Crippen molar-refractivity contribution in [3.8, 4) is 0 Å². The number of piperidine rings is 1. The molecule has 8 nitrogen and oxygen atoms in total. The van der Waals surface area contributed by atoms with Gasteiger partial charge in [0.2, 0.25) is 10.0 Å². The largest absolute Gasteiger partial charge is 0.507 e. The zero-order chi connectivity index (χ0) is 25.2. The number of nitrogens with zero attached hydrogens (tertiary/aromatic N) is 2. The summed E-state index contributed by atoms with van der Waals surface area (Å²) in [6.07, 6.45) is 2.62. The number of ketones is 1. The van der Waals surface area contributed by atoms with Crippen LogP contribution in [0.4, 0.5) is 4.39 Å². The number of halogens is 1. The molecule has 1 amide bonds. The van der Waals surface area contributed by atoms with E-state index in [9.17, 15) is 27.5 Å². The van der Waals surface area contributed by atoms with Crippen LogP contribution in [-0.4, -0.2) is 67.8 Å². The van der Waals surface area contributed by atoms with E-state index in [0.717, 1.165) is 19.3 Å². The van der Waals surface area contributed by atoms with Gasteiger partial charge in [0.1, 0.15) is 11.6 Å². The Morgan fingerprint density at radius 3 is 2.26 bits per heavy atom. The third-order valence-corrected chi connectivity index (χ3v) is 8.26. The third kappa shape index (κ3) is 4.86. The Morgan fingerprint density at radius 2 is 1.66 bits per heavy atom. The van der Waals surface area contributed by atoms with E-state index in [1.54, 1.807) is 0 Å². The van der Waals surface area contributed by atoms with Crippen molar-refractivity contribution >= 4 is 27.5 Å². The molecule has 2 aromatic rings. The van der Waals surface area contributed by atoms with Crippen LogP contribution < -0.4 is 0 Å². The highest BCUT2D eigenvalue weighted by molar-refractivity contribution is 7.89. The number of rotatable bonds is 7. The van der Waals surface area contributed by atoms with Crippen molar-refractivity contribution < 1.29 is 32.2 Å². The molecular weight excluding hydrogens is 475 g/mol. The number of aliphatic hydroxyl groups is 1. The van der Waals surface area contributed by atoms with Gasteiger partial charge in [0.05, 0.1) is 23.1 Å². The van der Waals surface area contributed by atoms with Crippen molar-refractivity contribution in [1.82, 2.24) is 9.21 Å². The lowest BCUT2D eigenvalue weighted by atomic mass is 9.95. The van der Waals surface area contributed by atoms with Crippen LogP contribution in [0.3, 0.4) is 0 Å². The van der Waals surface area contributed by atoms with Crippen LogP contribution >= 0.6 is 0 Å². The van der Waals surface area contributed by atoms with Gasteiger partial charge in [-0.3, -0.25) is 9.59 Å². The molecule has 2 aliphatic rings. The molecule has 35 heavy (non-hydrogen) atoms. The van der Waals surface area contributed by atoms with Gasteiger partial charge in [-0.05, 0) is 54.8 Å². The van der Waals surface area contributed by atoms with E-state index in [4.69, 9.17) is 4.74 Å². The molecule has 0 radical (unpaired) electrons. The molecule has 2 fully saturated rings. The molecule has 0 unspecified atom stereocenters. The van der Waals surface area contributed by atoms with E-state index in [0.29, 0.717) is 18.7 Å². The number of methoxy groups -OCH3 is 1. The Bertz CT molecular complexity index is 1240. The van der Waals surface area contributed by atoms with Crippen molar-refractivity contribution in [1.29, 1.82) is 0 Å². The molecule has 2 aliphatic heterocycles. The maximum absolute atomic E-state index is 13.5. The van der Waals surface area contributed by atoms with Crippen LogP contribution in [0.5, 0.6) is 0 Å². The summed E-state index contributed by atoms with van der Waals surface area (Å²) in [7, 11) is -2.20. The van der Waals surface area contributed by atoms with Gasteiger partial charge in [-0.2, -0.15) is 4.31 Å². The minimum absolute atomic E-state index is 0.0894. The molecule has 0 aromatic heterocycles. The van der Waals surface area contributed by atoms with Crippen LogP contribution in [0, 0.1) is 5.82 Å². The smallest absolute Gasteiger partial charge is 0.295 e. The summed E-state index contributed by atoms with van der Waals surface area (Å²) in [6.45, 7) is 1.18. The number of carbonyl (C=O) groups excluding carboxylic acids is 2.